The van der Waals surface area contributed by atoms with E-state index in [2.05, 4.69) is 26.1 Å². The van der Waals surface area contributed by atoms with Crippen LogP contribution in [0, 0.1) is 17.8 Å². The fraction of sp³-hybridized carbons (Fsp3) is 0.423. The summed E-state index contributed by atoms with van der Waals surface area (Å²) >= 11 is 0. The molecule has 1 N–H and O–H groups in total. The quantitative estimate of drug-likeness (QED) is 0.696. The fourth-order valence-electron chi connectivity index (χ4n) is 4.99. The lowest BCUT2D eigenvalue weighted by Gasteiger charge is -2.25. The van der Waals surface area contributed by atoms with E-state index in [9.17, 15) is 14.4 Å². The Balaban J connectivity index is 1.53. The van der Waals surface area contributed by atoms with Gasteiger partial charge >= 0.3 is 0 Å². The Hall–Kier alpha value is -2.95. The first kappa shape index (κ1) is 21.3. The van der Waals surface area contributed by atoms with E-state index < -0.39 is 0 Å². The van der Waals surface area contributed by atoms with Crippen molar-refractivity contribution in [3.63, 3.8) is 0 Å². The summed E-state index contributed by atoms with van der Waals surface area (Å²) in [5, 5.41) is 3.06. The summed E-state index contributed by atoms with van der Waals surface area (Å²) in [4.78, 5) is 40.0. The Morgan fingerprint density at radius 1 is 0.935 bits per heavy atom. The zero-order valence-corrected chi connectivity index (χ0v) is 18.5. The van der Waals surface area contributed by atoms with Gasteiger partial charge in [-0.25, -0.2) is 0 Å². The molecule has 0 bridgehead atoms. The smallest absolute Gasteiger partial charge is 0.255 e. The number of carbonyl (C=O) groups excluding carboxylic acids is 3. The molecule has 1 heterocycles. The summed E-state index contributed by atoms with van der Waals surface area (Å²) in [7, 11) is 0. The van der Waals surface area contributed by atoms with Crippen LogP contribution in [0.25, 0.3) is 0 Å². The summed E-state index contributed by atoms with van der Waals surface area (Å²) in [6.07, 6.45) is 4.23. The average molecular weight is 419 g/mol. The van der Waals surface area contributed by atoms with Crippen molar-refractivity contribution in [2.24, 2.45) is 17.8 Å². The molecule has 0 unspecified atom stereocenters. The molecule has 0 radical (unpaired) electrons. The lowest BCUT2D eigenvalue weighted by molar-refractivity contribution is -0.122. The highest BCUT2D eigenvalue weighted by atomic mass is 16.2. The zero-order valence-electron chi connectivity index (χ0n) is 18.5. The second-order valence-corrected chi connectivity index (χ2v) is 8.80. The van der Waals surface area contributed by atoms with Crippen LogP contribution in [0.4, 0.5) is 11.4 Å². The van der Waals surface area contributed by atoms with Crippen molar-refractivity contribution in [3.8, 4) is 0 Å². The van der Waals surface area contributed by atoms with Crippen molar-refractivity contribution in [1.82, 2.24) is 0 Å². The molecule has 1 saturated heterocycles. The Bertz CT molecular complexity index is 990. The molecule has 2 aliphatic rings. The summed E-state index contributed by atoms with van der Waals surface area (Å²) in [6.45, 7) is 6.29. The maximum absolute atomic E-state index is 12.9. The predicted octanol–water partition coefficient (Wildman–Crippen LogP) is 4.99. The first-order chi connectivity index (χ1) is 14.9. The van der Waals surface area contributed by atoms with Crippen LogP contribution in [-0.4, -0.2) is 17.7 Å². The summed E-state index contributed by atoms with van der Waals surface area (Å²) in [6, 6.07) is 12.9. The molecule has 5 nitrogen and oxygen atoms in total. The molecule has 1 aliphatic heterocycles. The highest BCUT2D eigenvalue weighted by Crippen LogP contribution is 2.42. The van der Waals surface area contributed by atoms with Crippen LogP contribution in [0.2, 0.25) is 0 Å². The van der Waals surface area contributed by atoms with Gasteiger partial charge in [-0.05, 0) is 73.4 Å². The Kier molecular flexibility index (Phi) is 5.94. The molecule has 2 fully saturated rings. The standard InChI is InChI=1S/C26H30N2O3/c1-4-17-7-6-8-18(5-2)23(17)27-24(29)19-10-12-20(13-11-19)28-25(30)21-14-9-16(3)15-22(21)26(28)31/h6-8,10-13,16,21-22H,4-5,9,14-15H2,1-3H3,(H,27,29)/t16-,21-,22-/m0/s1. The van der Waals surface area contributed by atoms with Crippen LogP contribution in [0.15, 0.2) is 42.5 Å². The minimum atomic E-state index is -0.197. The van der Waals surface area contributed by atoms with Crippen molar-refractivity contribution in [1.29, 1.82) is 0 Å². The molecule has 5 heteroatoms. The topological polar surface area (TPSA) is 66.5 Å². The van der Waals surface area contributed by atoms with E-state index in [1.165, 1.54) is 4.90 Å². The molecule has 3 amide bonds. The number of nitrogens with one attached hydrogen (secondary N) is 1. The molecule has 4 rings (SSSR count). The SMILES string of the molecule is CCc1cccc(CC)c1NC(=O)c1ccc(N2C(=O)[C@H]3CC[C@H](C)C[C@@H]3C2=O)cc1. The Labute approximate surface area is 183 Å². The number of imide groups is 1. The highest BCUT2D eigenvalue weighted by molar-refractivity contribution is 6.22. The van der Waals surface area contributed by atoms with Gasteiger partial charge in [0.25, 0.3) is 5.91 Å². The van der Waals surface area contributed by atoms with E-state index in [0.717, 1.165) is 48.9 Å². The van der Waals surface area contributed by atoms with Gasteiger partial charge in [0.05, 0.1) is 17.5 Å². The average Bonchev–Trinajstić information content (AvgIpc) is 3.03. The number of aryl methyl sites for hydroxylation is 2. The van der Waals surface area contributed by atoms with Gasteiger partial charge < -0.3 is 5.32 Å². The van der Waals surface area contributed by atoms with Crippen LogP contribution in [0.1, 0.15) is 61.5 Å². The van der Waals surface area contributed by atoms with E-state index in [0.29, 0.717) is 17.2 Å². The number of carbonyl (C=O) groups is 3. The number of anilines is 2. The van der Waals surface area contributed by atoms with Gasteiger partial charge in [-0.2, -0.15) is 0 Å². The Morgan fingerprint density at radius 3 is 2.16 bits per heavy atom. The van der Waals surface area contributed by atoms with Gasteiger partial charge in [0.15, 0.2) is 0 Å². The van der Waals surface area contributed by atoms with E-state index in [1.54, 1.807) is 24.3 Å². The molecule has 2 aromatic rings. The van der Waals surface area contributed by atoms with Crippen molar-refractivity contribution in [2.45, 2.75) is 52.9 Å². The van der Waals surface area contributed by atoms with Gasteiger partial charge in [0.2, 0.25) is 11.8 Å². The number of benzene rings is 2. The summed E-state index contributed by atoms with van der Waals surface area (Å²) in [5.74, 6) is -0.291. The maximum Gasteiger partial charge on any atom is 0.255 e. The Morgan fingerprint density at radius 2 is 1.55 bits per heavy atom. The van der Waals surface area contributed by atoms with Gasteiger partial charge in [0.1, 0.15) is 0 Å². The molecule has 0 spiro atoms. The van der Waals surface area contributed by atoms with E-state index >= 15 is 0 Å². The second-order valence-electron chi connectivity index (χ2n) is 8.80. The number of fused-ring (bicyclic) bond motifs is 1. The highest BCUT2D eigenvalue weighted by Gasteiger charge is 2.49. The monoisotopic (exact) mass is 418 g/mol. The number of hydrogen-bond donors (Lipinski definition) is 1. The van der Waals surface area contributed by atoms with E-state index in [4.69, 9.17) is 0 Å². The van der Waals surface area contributed by atoms with Crippen LogP contribution < -0.4 is 10.2 Å². The van der Waals surface area contributed by atoms with Gasteiger partial charge in [-0.1, -0.05) is 39.0 Å². The largest absolute Gasteiger partial charge is 0.321 e. The van der Waals surface area contributed by atoms with Crippen molar-refractivity contribution < 1.29 is 14.4 Å². The molecule has 1 saturated carbocycles. The molecule has 31 heavy (non-hydrogen) atoms. The van der Waals surface area contributed by atoms with Crippen molar-refractivity contribution >= 4 is 29.1 Å². The molecule has 2 aromatic carbocycles. The third-order valence-corrected chi connectivity index (χ3v) is 6.81. The number of para-hydroxylation sites is 1. The molecule has 3 atom stereocenters. The zero-order chi connectivity index (χ0) is 22.1. The van der Waals surface area contributed by atoms with Crippen LogP contribution in [0.3, 0.4) is 0 Å². The minimum Gasteiger partial charge on any atom is -0.321 e. The predicted molar refractivity (Wildman–Crippen MR) is 122 cm³/mol. The number of nitrogens with zero attached hydrogens (tertiary/aromatic N) is 1. The van der Waals surface area contributed by atoms with E-state index in [-0.39, 0.29) is 29.6 Å². The van der Waals surface area contributed by atoms with Gasteiger partial charge in [0, 0.05) is 11.3 Å². The normalized spacial score (nSPS) is 23.1. The third-order valence-electron chi connectivity index (χ3n) is 6.81. The van der Waals surface area contributed by atoms with Gasteiger partial charge in [-0.3, -0.25) is 19.3 Å². The molecule has 162 valence electrons. The van der Waals surface area contributed by atoms with Crippen molar-refractivity contribution in [3.05, 3.63) is 59.2 Å². The van der Waals surface area contributed by atoms with Crippen LogP contribution in [0.5, 0.6) is 0 Å². The first-order valence-corrected chi connectivity index (χ1v) is 11.3. The lowest BCUT2D eigenvalue weighted by atomic mass is 9.76. The lowest BCUT2D eigenvalue weighted by Crippen LogP contribution is -2.30. The maximum atomic E-state index is 12.9. The molecule has 0 aromatic heterocycles. The van der Waals surface area contributed by atoms with Crippen LogP contribution in [-0.2, 0) is 22.4 Å². The molecule has 1 aliphatic carbocycles. The number of hydrogen-bond acceptors (Lipinski definition) is 3. The van der Waals surface area contributed by atoms with Crippen molar-refractivity contribution in [2.75, 3.05) is 10.2 Å². The number of rotatable bonds is 5. The fourth-order valence-corrected chi connectivity index (χ4v) is 4.99. The van der Waals surface area contributed by atoms with Gasteiger partial charge in [-0.15, -0.1) is 0 Å². The van der Waals surface area contributed by atoms with Crippen LogP contribution >= 0.6 is 0 Å². The minimum absolute atomic E-state index is 0.0939. The second kappa shape index (κ2) is 8.66. The summed E-state index contributed by atoms with van der Waals surface area (Å²) in [5.41, 5.74) is 4.15. The summed E-state index contributed by atoms with van der Waals surface area (Å²) < 4.78 is 0. The number of amides is 3. The van der Waals surface area contributed by atoms with E-state index in [1.807, 2.05) is 18.2 Å². The third kappa shape index (κ3) is 3.89. The molecular formula is C26H30N2O3. The first-order valence-electron chi connectivity index (χ1n) is 11.3. The molecular weight excluding hydrogens is 388 g/mol.